The van der Waals surface area contributed by atoms with Crippen LogP contribution in [0.2, 0.25) is 0 Å². The fraction of sp³-hybridized carbons (Fsp3) is 0.290. The lowest BCUT2D eigenvalue weighted by Crippen LogP contribution is -2.54. The van der Waals surface area contributed by atoms with Gasteiger partial charge in [-0.25, -0.2) is 4.98 Å². The maximum atomic E-state index is 13.3. The van der Waals surface area contributed by atoms with E-state index in [0.29, 0.717) is 17.9 Å². The van der Waals surface area contributed by atoms with Crippen molar-refractivity contribution in [2.45, 2.75) is 32.0 Å². The van der Waals surface area contributed by atoms with Gasteiger partial charge in [-0.05, 0) is 41.8 Å². The first-order chi connectivity index (χ1) is 20.4. The van der Waals surface area contributed by atoms with Crippen molar-refractivity contribution in [3.63, 3.8) is 0 Å². The quantitative estimate of drug-likeness (QED) is 0.415. The van der Waals surface area contributed by atoms with Gasteiger partial charge in [0.2, 0.25) is 11.8 Å². The van der Waals surface area contributed by atoms with Crippen molar-refractivity contribution in [3.8, 4) is 6.07 Å². The van der Waals surface area contributed by atoms with E-state index in [4.69, 9.17) is 5.26 Å². The zero-order chi connectivity index (χ0) is 29.2. The van der Waals surface area contributed by atoms with Crippen LogP contribution in [0.4, 0.5) is 11.5 Å². The molecule has 1 unspecified atom stereocenters. The lowest BCUT2D eigenvalue weighted by molar-refractivity contribution is -0.136. The Bertz CT molecular complexity index is 1610. The summed E-state index contributed by atoms with van der Waals surface area (Å²) in [4.78, 5) is 60.3. The molecule has 4 heterocycles. The van der Waals surface area contributed by atoms with E-state index in [1.165, 1.54) is 5.56 Å². The molecule has 2 saturated heterocycles. The molecule has 1 aromatic heterocycles. The van der Waals surface area contributed by atoms with Crippen molar-refractivity contribution in [1.29, 1.82) is 5.26 Å². The summed E-state index contributed by atoms with van der Waals surface area (Å²) in [5, 5.41) is 14.6. The number of fused-ring (bicyclic) bond motifs is 1. The van der Waals surface area contributed by atoms with Gasteiger partial charge in [-0.1, -0.05) is 36.4 Å². The standard InChI is InChI=1S/C31H29N7O4/c32-17-22-3-1-6-26(34-22)37-15-13-36(14-16-37)19-21-9-7-20(8-10-21)18-33-24-5-2-4-23-28(24)31(42)38(30(23)41)25-11-12-27(39)35-29(25)40/h1-10,25,33H,11-16,18-19H2,(H,35,39,40). The fourth-order valence-electron chi connectivity index (χ4n) is 5.68. The van der Waals surface area contributed by atoms with E-state index >= 15 is 0 Å². The molecule has 0 radical (unpaired) electrons. The number of nitrogens with zero attached hydrogens (tertiary/aromatic N) is 5. The molecule has 3 aliphatic rings. The van der Waals surface area contributed by atoms with E-state index in [1.54, 1.807) is 24.3 Å². The molecule has 212 valence electrons. The first kappa shape index (κ1) is 27.1. The van der Waals surface area contributed by atoms with Crippen LogP contribution < -0.4 is 15.5 Å². The lowest BCUT2D eigenvalue weighted by Gasteiger charge is -2.35. The summed E-state index contributed by atoms with van der Waals surface area (Å²) in [6.07, 6.45) is 0.199. The fourth-order valence-corrected chi connectivity index (χ4v) is 5.68. The van der Waals surface area contributed by atoms with Crippen LogP contribution in [0.15, 0.2) is 60.7 Å². The molecule has 0 bridgehead atoms. The van der Waals surface area contributed by atoms with Crippen molar-refractivity contribution in [1.82, 2.24) is 20.1 Å². The smallest absolute Gasteiger partial charge is 0.264 e. The Kier molecular flexibility index (Phi) is 7.37. The Morgan fingerprint density at radius 1 is 0.905 bits per heavy atom. The Labute approximate surface area is 242 Å². The Morgan fingerprint density at radius 2 is 1.64 bits per heavy atom. The number of rotatable bonds is 7. The third kappa shape index (κ3) is 5.32. The van der Waals surface area contributed by atoms with Gasteiger partial charge in [0, 0.05) is 51.4 Å². The van der Waals surface area contributed by atoms with Gasteiger partial charge in [0.15, 0.2) is 0 Å². The number of piperazine rings is 1. The monoisotopic (exact) mass is 563 g/mol. The molecule has 2 N–H and O–H groups in total. The number of nitrogens with one attached hydrogen (secondary N) is 2. The number of imide groups is 2. The molecule has 11 heteroatoms. The minimum atomic E-state index is -0.995. The molecule has 3 aliphatic heterocycles. The molecule has 2 aromatic carbocycles. The second-order valence-corrected chi connectivity index (χ2v) is 10.6. The second-order valence-electron chi connectivity index (χ2n) is 10.6. The van der Waals surface area contributed by atoms with Crippen LogP contribution in [0.25, 0.3) is 0 Å². The predicted octanol–water partition coefficient (Wildman–Crippen LogP) is 2.29. The lowest BCUT2D eigenvalue weighted by atomic mass is 10.0. The highest BCUT2D eigenvalue weighted by molar-refractivity contribution is 6.25. The van der Waals surface area contributed by atoms with Crippen molar-refractivity contribution in [2.75, 3.05) is 36.4 Å². The Morgan fingerprint density at radius 3 is 2.38 bits per heavy atom. The molecule has 4 amide bonds. The number of benzene rings is 2. The van der Waals surface area contributed by atoms with Crippen molar-refractivity contribution in [2.24, 2.45) is 0 Å². The van der Waals surface area contributed by atoms with E-state index in [2.05, 4.69) is 43.6 Å². The number of carbonyl (C=O) groups excluding carboxylic acids is 4. The Hall–Kier alpha value is -5.08. The topological polar surface area (TPSA) is 139 Å². The van der Waals surface area contributed by atoms with Gasteiger partial charge < -0.3 is 10.2 Å². The van der Waals surface area contributed by atoms with Crippen LogP contribution in [0.5, 0.6) is 0 Å². The van der Waals surface area contributed by atoms with Gasteiger partial charge in [0.25, 0.3) is 11.8 Å². The number of anilines is 2. The number of aromatic nitrogens is 1. The van der Waals surface area contributed by atoms with E-state index in [9.17, 15) is 19.2 Å². The maximum absolute atomic E-state index is 13.3. The van der Waals surface area contributed by atoms with Crippen LogP contribution in [0.3, 0.4) is 0 Å². The highest BCUT2D eigenvalue weighted by atomic mass is 16.2. The summed E-state index contributed by atoms with van der Waals surface area (Å²) in [5.41, 5.74) is 3.66. The molecule has 42 heavy (non-hydrogen) atoms. The van der Waals surface area contributed by atoms with Crippen LogP contribution in [-0.4, -0.2) is 70.6 Å². The third-order valence-electron chi connectivity index (χ3n) is 7.93. The van der Waals surface area contributed by atoms with E-state index in [1.807, 2.05) is 24.3 Å². The summed E-state index contributed by atoms with van der Waals surface area (Å²) >= 11 is 0. The third-order valence-corrected chi connectivity index (χ3v) is 7.93. The van der Waals surface area contributed by atoms with Crippen molar-refractivity contribution in [3.05, 3.63) is 88.6 Å². The molecule has 2 fully saturated rings. The second kappa shape index (κ2) is 11.4. The van der Waals surface area contributed by atoms with Crippen LogP contribution in [0.1, 0.15) is 50.4 Å². The van der Waals surface area contributed by atoms with E-state index in [-0.39, 0.29) is 24.0 Å². The van der Waals surface area contributed by atoms with Crippen molar-refractivity contribution < 1.29 is 19.2 Å². The molecular weight excluding hydrogens is 534 g/mol. The zero-order valence-electron chi connectivity index (χ0n) is 22.9. The molecule has 11 nitrogen and oxygen atoms in total. The number of nitriles is 1. The first-order valence-electron chi connectivity index (χ1n) is 13.9. The van der Waals surface area contributed by atoms with Gasteiger partial charge in [-0.3, -0.25) is 34.3 Å². The summed E-state index contributed by atoms with van der Waals surface area (Å²) in [7, 11) is 0. The number of pyridine rings is 1. The summed E-state index contributed by atoms with van der Waals surface area (Å²) < 4.78 is 0. The number of amides is 4. The normalized spacial score (nSPS) is 19.0. The highest BCUT2D eigenvalue weighted by Crippen LogP contribution is 2.32. The van der Waals surface area contributed by atoms with Crippen LogP contribution >= 0.6 is 0 Å². The molecule has 3 aromatic rings. The zero-order valence-corrected chi connectivity index (χ0v) is 22.9. The molecule has 6 rings (SSSR count). The van der Waals surface area contributed by atoms with Gasteiger partial charge in [-0.15, -0.1) is 0 Å². The largest absolute Gasteiger partial charge is 0.380 e. The number of carbonyl (C=O) groups is 4. The van der Waals surface area contributed by atoms with Crippen LogP contribution in [0, 0.1) is 11.3 Å². The maximum Gasteiger partial charge on any atom is 0.264 e. The number of hydrogen-bond donors (Lipinski definition) is 2. The van der Waals surface area contributed by atoms with E-state index in [0.717, 1.165) is 49.0 Å². The van der Waals surface area contributed by atoms with Gasteiger partial charge >= 0.3 is 0 Å². The molecule has 0 aliphatic carbocycles. The minimum Gasteiger partial charge on any atom is -0.380 e. The average molecular weight is 564 g/mol. The molecule has 1 atom stereocenters. The van der Waals surface area contributed by atoms with Gasteiger partial charge in [0.05, 0.1) is 11.1 Å². The first-order valence-corrected chi connectivity index (χ1v) is 13.9. The number of hydrogen-bond acceptors (Lipinski definition) is 9. The van der Waals surface area contributed by atoms with Gasteiger partial charge in [0.1, 0.15) is 23.6 Å². The summed E-state index contributed by atoms with van der Waals surface area (Å²) in [6.45, 7) is 4.74. The highest BCUT2D eigenvalue weighted by Gasteiger charge is 2.45. The predicted molar refractivity (Wildman–Crippen MR) is 153 cm³/mol. The molecule has 0 saturated carbocycles. The minimum absolute atomic E-state index is 0.0798. The van der Waals surface area contributed by atoms with E-state index < -0.39 is 29.7 Å². The molecular formula is C31H29N7O4. The number of piperidine rings is 1. The Balaban J connectivity index is 1.05. The molecule has 0 spiro atoms. The summed E-state index contributed by atoms with van der Waals surface area (Å²) in [6, 6.07) is 19.9. The average Bonchev–Trinajstić information content (AvgIpc) is 3.27. The van der Waals surface area contributed by atoms with Gasteiger partial charge in [-0.2, -0.15) is 5.26 Å². The van der Waals surface area contributed by atoms with Crippen molar-refractivity contribution >= 4 is 35.1 Å². The SMILES string of the molecule is N#Cc1cccc(N2CCN(Cc3ccc(CNc4cccc5c4C(=O)N(C4CCC(=O)NC4=O)C5=O)cc3)CC2)n1. The summed E-state index contributed by atoms with van der Waals surface area (Å²) in [5.74, 6) is -1.24. The van der Waals surface area contributed by atoms with Crippen LogP contribution in [-0.2, 0) is 22.7 Å².